The molecule has 0 N–H and O–H groups in total. The maximum absolute atomic E-state index is 11.0. The summed E-state index contributed by atoms with van der Waals surface area (Å²) in [6.07, 6.45) is 1.59. The average molecular weight is 252 g/mol. The van der Waals surface area contributed by atoms with Crippen molar-refractivity contribution in [3.8, 4) is 11.5 Å². The van der Waals surface area contributed by atoms with Crippen molar-refractivity contribution < 1.29 is 19.1 Å². The van der Waals surface area contributed by atoms with Gasteiger partial charge in [-0.15, -0.1) is 0 Å². The lowest BCUT2D eigenvalue weighted by Crippen LogP contribution is -2.06. The summed E-state index contributed by atoms with van der Waals surface area (Å²) in [5, 5.41) is -0.671. The Kier molecular flexibility index (Phi) is 3.68. The van der Waals surface area contributed by atoms with Gasteiger partial charge in [0.15, 0.2) is 11.5 Å². The minimum Gasteiger partial charge on any atom is -0.454 e. The van der Waals surface area contributed by atoms with Gasteiger partial charge in [-0.25, -0.2) is 0 Å². The summed E-state index contributed by atoms with van der Waals surface area (Å²) in [5.74, 6) is 1.04. The smallest absolute Gasteiger partial charge is 0.251 e. The highest BCUT2D eigenvalue weighted by atomic mass is 32.1. The van der Waals surface area contributed by atoms with E-state index in [-0.39, 0.29) is 13.2 Å². The van der Waals surface area contributed by atoms with Gasteiger partial charge in [-0.3, -0.25) is 9.59 Å². The summed E-state index contributed by atoms with van der Waals surface area (Å²) in [6, 6.07) is 5.68. The number of thiol groups is 1. The Hall–Kier alpha value is -1.49. The zero-order chi connectivity index (χ0) is 12.3. The Labute approximate surface area is 104 Å². The minimum absolute atomic E-state index is 0.233. The average Bonchev–Trinajstić information content (AvgIpc) is 2.75. The van der Waals surface area contributed by atoms with Crippen molar-refractivity contribution in [1.29, 1.82) is 0 Å². The molecule has 1 heterocycles. The molecule has 0 radical (unpaired) electrons. The van der Waals surface area contributed by atoms with Crippen LogP contribution in [0.15, 0.2) is 18.2 Å². The Bertz CT molecular complexity index is 456. The van der Waals surface area contributed by atoms with Gasteiger partial charge in [-0.05, 0) is 30.5 Å². The number of benzene rings is 1. The monoisotopic (exact) mass is 252 g/mol. The fourth-order valence-electron chi connectivity index (χ4n) is 1.66. The maximum atomic E-state index is 11.0. The number of rotatable bonds is 5. The van der Waals surface area contributed by atoms with E-state index < -0.39 is 10.9 Å². The van der Waals surface area contributed by atoms with Crippen LogP contribution in [0.4, 0.5) is 0 Å². The van der Waals surface area contributed by atoms with E-state index in [1.807, 2.05) is 18.2 Å². The second kappa shape index (κ2) is 5.23. The number of hydrogen-bond acceptors (Lipinski definition) is 4. The highest BCUT2D eigenvalue weighted by Gasteiger charge is 2.13. The fraction of sp³-hybridized carbons (Fsp3) is 0.333. The van der Waals surface area contributed by atoms with E-state index in [2.05, 4.69) is 12.6 Å². The summed E-state index contributed by atoms with van der Waals surface area (Å²) in [6.45, 7) is 0.255. The van der Waals surface area contributed by atoms with Crippen LogP contribution in [0.5, 0.6) is 11.5 Å². The van der Waals surface area contributed by atoms with Crippen LogP contribution in [0.3, 0.4) is 0 Å². The lowest BCUT2D eigenvalue weighted by atomic mass is 10.1. The molecule has 0 atom stereocenters. The minimum atomic E-state index is -0.671. The summed E-state index contributed by atoms with van der Waals surface area (Å²) < 4.78 is 10.4. The van der Waals surface area contributed by atoms with Crippen molar-refractivity contribution in [2.75, 3.05) is 6.79 Å². The quantitative estimate of drug-likeness (QED) is 0.641. The van der Waals surface area contributed by atoms with Gasteiger partial charge in [0.05, 0.1) is 0 Å². The molecule has 0 aromatic heterocycles. The van der Waals surface area contributed by atoms with E-state index in [4.69, 9.17) is 9.47 Å². The van der Waals surface area contributed by atoms with E-state index >= 15 is 0 Å². The van der Waals surface area contributed by atoms with Gasteiger partial charge < -0.3 is 9.47 Å². The largest absolute Gasteiger partial charge is 0.454 e. The number of ether oxygens (including phenoxy) is 2. The lowest BCUT2D eigenvalue weighted by molar-refractivity contribution is -0.131. The fourth-order valence-corrected chi connectivity index (χ4v) is 1.77. The third-order valence-electron chi connectivity index (χ3n) is 2.54. The van der Waals surface area contributed by atoms with Gasteiger partial charge >= 0.3 is 0 Å². The molecule has 0 saturated carbocycles. The molecule has 1 aliphatic heterocycles. The second-order valence-corrected chi connectivity index (χ2v) is 4.18. The summed E-state index contributed by atoms with van der Waals surface area (Å²) in [5.41, 5.74) is 1.06. The van der Waals surface area contributed by atoms with Crippen LogP contribution in [0.2, 0.25) is 0 Å². The second-order valence-electron chi connectivity index (χ2n) is 3.77. The van der Waals surface area contributed by atoms with E-state index in [0.29, 0.717) is 6.42 Å². The SMILES string of the molecule is O=C(S)C(=O)CCCc1ccc2c(c1)OCO2. The molecule has 1 aromatic rings. The first-order valence-electron chi connectivity index (χ1n) is 5.31. The number of ketones is 1. The van der Waals surface area contributed by atoms with Gasteiger partial charge in [0, 0.05) is 6.42 Å². The molecule has 2 rings (SSSR count). The standard InChI is InChI=1S/C12H12O4S/c13-9(12(14)17)3-1-2-8-4-5-10-11(6-8)16-7-15-10/h4-6H,1-3,7H2,(H,14,17). The zero-order valence-electron chi connectivity index (χ0n) is 9.14. The topological polar surface area (TPSA) is 52.6 Å². The predicted molar refractivity (Wildman–Crippen MR) is 64.5 cm³/mol. The highest BCUT2D eigenvalue weighted by molar-refractivity contribution is 7.98. The molecule has 5 heteroatoms. The molecule has 1 aliphatic rings. The van der Waals surface area contributed by atoms with Crippen molar-refractivity contribution in [3.05, 3.63) is 23.8 Å². The van der Waals surface area contributed by atoms with E-state index in [1.165, 1.54) is 0 Å². The number of Topliss-reactive ketones (excluding diaryl/α,β-unsaturated/α-hetero) is 1. The van der Waals surface area contributed by atoms with Crippen LogP contribution in [0.1, 0.15) is 18.4 Å². The Morgan fingerprint density at radius 3 is 2.76 bits per heavy atom. The lowest BCUT2D eigenvalue weighted by Gasteiger charge is -2.02. The molecule has 0 saturated heterocycles. The Balaban J connectivity index is 1.87. The summed E-state index contributed by atoms with van der Waals surface area (Å²) in [7, 11) is 0. The first-order valence-corrected chi connectivity index (χ1v) is 5.76. The maximum Gasteiger partial charge on any atom is 0.251 e. The molecule has 1 aromatic carbocycles. The van der Waals surface area contributed by atoms with Gasteiger partial charge in [0.2, 0.25) is 12.6 Å². The third kappa shape index (κ3) is 3.00. The van der Waals surface area contributed by atoms with Crippen LogP contribution in [-0.4, -0.2) is 17.7 Å². The molecule has 17 heavy (non-hydrogen) atoms. The first kappa shape index (κ1) is 12.0. The van der Waals surface area contributed by atoms with Crippen molar-refractivity contribution in [1.82, 2.24) is 0 Å². The van der Waals surface area contributed by atoms with Crippen molar-refractivity contribution in [3.63, 3.8) is 0 Å². The predicted octanol–water partition coefficient (Wildman–Crippen LogP) is 1.76. The number of carbonyl (C=O) groups is 2. The number of aryl methyl sites for hydroxylation is 1. The van der Waals surface area contributed by atoms with Gasteiger partial charge in [-0.2, -0.15) is 0 Å². The van der Waals surface area contributed by atoms with Crippen molar-refractivity contribution in [2.24, 2.45) is 0 Å². The van der Waals surface area contributed by atoms with Gasteiger partial charge in [-0.1, -0.05) is 18.7 Å². The molecule has 0 fully saturated rings. The summed E-state index contributed by atoms with van der Waals surface area (Å²) in [4.78, 5) is 21.7. The normalized spacial score (nSPS) is 12.5. The van der Waals surface area contributed by atoms with Crippen LogP contribution in [0.25, 0.3) is 0 Å². The van der Waals surface area contributed by atoms with Crippen molar-refractivity contribution >= 4 is 23.5 Å². The van der Waals surface area contributed by atoms with Crippen LogP contribution < -0.4 is 9.47 Å². The van der Waals surface area contributed by atoms with Crippen LogP contribution in [-0.2, 0) is 16.0 Å². The third-order valence-corrected chi connectivity index (χ3v) is 2.79. The first-order chi connectivity index (χ1) is 8.16. The molecule has 0 amide bonds. The van der Waals surface area contributed by atoms with Gasteiger partial charge in [0.1, 0.15) is 0 Å². The Morgan fingerprint density at radius 1 is 1.24 bits per heavy atom. The molecule has 0 bridgehead atoms. The van der Waals surface area contributed by atoms with Crippen LogP contribution >= 0.6 is 12.6 Å². The van der Waals surface area contributed by atoms with Crippen molar-refractivity contribution in [2.45, 2.75) is 19.3 Å². The molecule has 0 spiro atoms. The molecule has 0 unspecified atom stereocenters. The zero-order valence-corrected chi connectivity index (χ0v) is 10.0. The van der Waals surface area contributed by atoms with E-state index in [9.17, 15) is 9.59 Å². The van der Waals surface area contributed by atoms with E-state index in [1.54, 1.807) is 0 Å². The number of hydrogen-bond donors (Lipinski definition) is 1. The Morgan fingerprint density at radius 2 is 2.00 bits per heavy atom. The number of carbonyl (C=O) groups excluding carboxylic acids is 2. The molecule has 0 aliphatic carbocycles. The number of fused-ring (bicyclic) bond motifs is 1. The molecular formula is C12H12O4S. The summed E-state index contributed by atoms with van der Waals surface area (Å²) >= 11 is 3.48. The van der Waals surface area contributed by atoms with Crippen LogP contribution in [0, 0.1) is 0 Å². The highest BCUT2D eigenvalue weighted by Crippen LogP contribution is 2.32. The van der Waals surface area contributed by atoms with E-state index in [0.717, 1.165) is 23.5 Å². The molecule has 90 valence electrons. The van der Waals surface area contributed by atoms with Gasteiger partial charge in [0.25, 0.3) is 5.12 Å². The molecule has 4 nitrogen and oxygen atoms in total. The molecular weight excluding hydrogens is 240 g/mol.